The van der Waals surface area contributed by atoms with Crippen molar-refractivity contribution in [3.05, 3.63) is 59.3 Å². The average Bonchev–Trinajstić information content (AvgIpc) is 3.18. The Balaban J connectivity index is 1.57. The van der Waals surface area contributed by atoms with Gasteiger partial charge in [-0.15, -0.1) is 0 Å². The zero-order chi connectivity index (χ0) is 22.5. The third-order valence-corrected chi connectivity index (χ3v) is 5.55. The van der Waals surface area contributed by atoms with Gasteiger partial charge in [0.1, 0.15) is 11.9 Å². The van der Waals surface area contributed by atoms with Gasteiger partial charge >= 0.3 is 0 Å². The fourth-order valence-electron chi connectivity index (χ4n) is 3.68. The molecule has 0 spiro atoms. The van der Waals surface area contributed by atoms with E-state index in [1.54, 1.807) is 24.0 Å². The molecule has 1 aromatic heterocycles. The molecule has 1 saturated heterocycles. The predicted octanol–water partition coefficient (Wildman–Crippen LogP) is 2.90. The van der Waals surface area contributed by atoms with Crippen LogP contribution in [0.5, 0.6) is 0 Å². The molecule has 7 nitrogen and oxygen atoms in total. The molecular formula is C23H28FN3O4. The van der Waals surface area contributed by atoms with Crippen LogP contribution in [0.25, 0.3) is 0 Å². The number of furan rings is 1. The second kappa shape index (κ2) is 9.76. The Labute approximate surface area is 181 Å². The zero-order valence-electron chi connectivity index (χ0n) is 18.0. The van der Waals surface area contributed by atoms with Crippen molar-refractivity contribution in [3.63, 3.8) is 0 Å². The first-order chi connectivity index (χ1) is 14.8. The molecule has 166 valence electrons. The number of likely N-dealkylation sites (tertiary alicyclic amines) is 1. The number of aryl methyl sites for hydroxylation is 1. The molecule has 2 heterocycles. The van der Waals surface area contributed by atoms with Crippen LogP contribution in [0.2, 0.25) is 0 Å². The number of hydrogen-bond donors (Lipinski definition) is 2. The molecule has 0 radical (unpaired) electrons. The molecule has 1 unspecified atom stereocenters. The minimum absolute atomic E-state index is 0.0634. The van der Waals surface area contributed by atoms with Crippen molar-refractivity contribution < 1.29 is 23.2 Å². The van der Waals surface area contributed by atoms with Gasteiger partial charge in [-0.25, -0.2) is 4.39 Å². The van der Waals surface area contributed by atoms with E-state index in [1.807, 2.05) is 13.8 Å². The lowest BCUT2D eigenvalue weighted by molar-refractivity contribution is -0.135. The van der Waals surface area contributed by atoms with Gasteiger partial charge in [0.05, 0.1) is 11.8 Å². The Morgan fingerprint density at radius 2 is 1.77 bits per heavy atom. The van der Waals surface area contributed by atoms with Crippen LogP contribution in [0.15, 0.2) is 41.0 Å². The van der Waals surface area contributed by atoms with Crippen LogP contribution < -0.4 is 10.6 Å². The molecule has 1 aromatic carbocycles. The van der Waals surface area contributed by atoms with E-state index in [4.69, 9.17) is 4.42 Å². The highest BCUT2D eigenvalue weighted by Crippen LogP contribution is 2.17. The van der Waals surface area contributed by atoms with Crippen molar-refractivity contribution >= 4 is 17.7 Å². The molecule has 3 rings (SSSR count). The summed E-state index contributed by atoms with van der Waals surface area (Å²) in [4.78, 5) is 39.6. The molecule has 1 aliphatic heterocycles. The van der Waals surface area contributed by atoms with Crippen LogP contribution >= 0.6 is 0 Å². The average molecular weight is 429 g/mol. The highest BCUT2D eigenvalue weighted by Gasteiger charge is 2.32. The zero-order valence-corrected chi connectivity index (χ0v) is 18.0. The van der Waals surface area contributed by atoms with Crippen LogP contribution in [-0.2, 0) is 4.79 Å². The molecule has 0 bridgehead atoms. The fourth-order valence-corrected chi connectivity index (χ4v) is 3.68. The lowest BCUT2D eigenvalue weighted by Gasteiger charge is -2.35. The monoisotopic (exact) mass is 429 g/mol. The van der Waals surface area contributed by atoms with E-state index in [0.717, 1.165) is 5.56 Å². The van der Waals surface area contributed by atoms with Crippen LogP contribution in [0, 0.1) is 18.7 Å². The first-order valence-corrected chi connectivity index (χ1v) is 10.5. The van der Waals surface area contributed by atoms with Gasteiger partial charge in [0.25, 0.3) is 11.8 Å². The fraction of sp³-hybridized carbons (Fsp3) is 0.435. The Hall–Kier alpha value is -3.16. The van der Waals surface area contributed by atoms with Crippen LogP contribution in [-0.4, -0.2) is 47.8 Å². The quantitative estimate of drug-likeness (QED) is 0.739. The van der Waals surface area contributed by atoms with Gasteiger partial charge in [-0.1, -0.05) is 26.0 Å². The summed E-state index contributed by atoms with van der Waals surface area (Å²) < 4.78 is 19.1. The Kier molecular flexibility index (Phi) is 7.09. The van der Waals surface area contributed by atoms with Crippen molar-refractivity contribution in [2.24, 2.45) is 5.92 Å². The topological polar surface area (TPSA) is 91.7 Å². The van der Waals surface area contributed by atoms with Crippen molar-refractivity contribution in [3.8, 4) is 0 Å². The number of piperidine rings is 1. The molecule has 31 heavy (non-hydrogen) atoms. The van der Waals surface area contributed by atoms with Gasteiger partial charge in [0.2, 0.25) is 5.91 Å². The summed E-state index contributed by atoms with van der Waals surface area (Å²) in [5, 5.41) is 5.64. The standard InChI is InChI=1S/C23H28FN3O4/c1-14(2)19(26-21(28)17-6-4-5-7-18(17)24)23(30)27-11-8-16(9-12-27)25-22(29)20-15(3)10-13-31-20/h4-7,10,13-14,16,19H,8-9,11-12H2,1-3H3,(H,25,29)(H,26,28). The highest BCUT2D eigenvalue weighted by atomic mass is 19.1. The van der Waals surface area contributed by atoms with E-state index in [-0.39, 0.29) is 29.3 Å². The second-order valence-electron chi connectivity index (χ2n) is 8.18. The first kappa shape index (κ1) is 22.5. The number of carbonyl (C=O) groups is 3. The number of benzene rings is 1. The minimum atomic E-state index is -0.760. The smallest absolute Gasteiger partial charge is 0.287 e. The summed E-state index contributed by atoms with van der Waals surface area (Å²) in [7, 11) is 0. The van der Waals surface area contributed by atoms with Crippen LogP contribution in [0.1, 0.15) is 53.2 Å². The maximum Gasteiger partial charge on any atom is 0.287 e. The van der Waals surface area contributed by atoms with E-state index in [1.165, 1.54) is 24.5 Å². The van der Waals surface area contributed by atoms with Crippen LogP contribution in [0.3, 0.4) is 0 Å². The van der Waals surface area contributed by atoms with Gasteiger partial charge in [-0.05, 0) is 43.9 Å². The SMILES string of the molecule is Cc1ccoc1C(=O)NC1CCN(C(=O)C(NC(=O)c2ccccc2F)C(C)C)CC1. The third-order valence-electron chi connectivity index (χ3n) is 5.55. The van der Waals surface area contributed by atoms with Gasteiger partial charge in [-0.3, -0.25) is 14.4 Å². The maximum atomic E-state index is 13.9. The summed E-state index contributed by atoms with van der Waals surface area (Å²) in [6.45, 7) is 6.40. The van der Waals surface area contributed by atoms with E-state index in [2.05, 4.69) is 10.6 Å². The van der Waals surface area contributed by atoms with Gasteiger partial charge in [0.15, 0.2) is 5.76 Å². The number of nitrogens with zero attached hydrogens (tertiary/aromatic N) is 1. The molecule has 8 heteroatoms. The Morgan fingerprint density at radius 1 is 1.10 bits per heavy atom. The first-order valence-electron chi connectivity index (χ1n) is 10.5. The number of amides is 3. The molecule has 3 amide bonds. The number of halogens is 1. The lowest BCUT2D eigenvalue weighted by Crippen LogP contribution is -2.54. The summed E-state index contributed by atoms with van der Waals surface area (Å²) in [5.74, 6) is -1.56. The maximum absolute atomic E-state index is 13.9. The lowest BCUT2D eigenvalue weighted by atomic mass is 9.99. The van der Waals surface area contributed by atoms with E-state index in [9.17, 15) is 18.8 Å². The van der Waals surface area contributed by atoms with Crippen molar-refractivity contribution in [2.75, 3.05) is 13.1 Å². The molecule has 1 aliphatic rings. The molecule has 2 N–H and O–H groups in total. The highest BCUT2D eigenvalue weighted by molar-refractivity contribution is 5.98. The van der Waals surface area contributed by atoms with E-state index < -0.39 is 17.8 Å². The molecule has 1 atom stereocenters. The number of rotatable bonds is 6. The number of nitrogens with one attached hydrogen (secondary N) is 2. The van der Waals surface area contributed by atoms with Gasteiger partial charge < -0.3 is 20.0 Å². The predicted molar refractivity (Wildman–Crippen MR) is 113 cm³/mol. The van der Waals surface area contributed by atoms with E-state index >= 15 is 0 Å². The molecule has 2 aromatic rings. The summed E-state index contributed by atoms with van der Waals surface area (Å²) in [5.41, 5.74) is 0.686. The summed E-state index contributed by atoms with van der Waals surface area (Å²) in [6.07, 6.45) is 2.68. The van der Waals surface area contributed by atoms with Gasteiger partial charge in [-0.2, -0.15) is 0 Å². The third kappa shape index (κ3) is 5.31. The van der Waals surface area contributed by atoms with Crippen molar-refractivity contribution in [1.82, 2.24) is 15.5 Å². The van der Waals surface area contributed by atoms with E-state index in [0.29, 0.717) is 31.7 Å². The Bertz CT molecular complexity index is 948. The van der Waals surface area contributed by atoms with Crippen molar-refractivity contribution in [1.29, 1.82) is 0 Å². The molecule has 0 saturated carbocycles. The second-order valence-corrected chi connectivity index (χ2v) is 8.18. The minimum Gasteiger partial charge on any atom is -0.459 e. The summed E-state index contributed by atoms with van der Waals surface area (Å²) >= 11 is 0. The molecule has 0 aliphatic carbocycles. The normalized spacial score (nSPS) is 15.6. The molecular weight excluding hydrogens is 401 g/mol. The Morgan fingerprint density at radius 3 is 2.35 bits per heavy atom. The van der Waals surface area contributed by atoms with Gasteiger partial charge in [0, 0.05) is 24.7 Å². The molecule has 1 fully saturated rings. The largest absolute Gasteiger partial charge is 0.459 e. The van der Waals surface area contributed by atoms with Crippen molar-refractivity contribution in [2.45, 2.75) is 45.7 Å². The number of carbonyl (C=O) groups excluding carboxylic acids is 3. The number of hydrogen-bond acceptors (Lipinski definition) is 4. The van der Waals surface area contributed by atoms with Crippen LogP contribution in [0.4, 0.5) is 4.39 Å². The summed E-state index contributed by atoms with van der Waals surface area (Å²) in [6, 6.07) is 6.60.